The summed E-state index contributed by atoms with van der Waals surface area (Å²) >= 11 is 0. The predicted molar refractivity (Wildman–Crippen MR) is 528 cm³/mol. The molecule has 0 bridgehead atoms. The Labute approximate surface area is 764 Å². The molecule has 0 aromatic rings. The van der Waals surface area contributed by atoms with Crippen LogP contribution in [0.15, 0.2) is 182 Å². The van der Waals surface area contributed by atoms with Gasteiger partial charge in [0.2, 0.25) is 0 Å². The van der Waals surface area contributed by atoms with Crippen LogP contribution in [-0.2, 0) is 55.8 Å². The largest absolute Gasteiger partial charge is 0.472 e. The van der Waals surface area contributed by atoms with Gasteiger partial charge in [0.1, 0.15) is 25.4 Å². The third-order valence-corrected chi connectivity index (χ3v) is 23.0. The van der Waals surface area contributed by atoms with E-state index in [1.807, 2.05) is 0 Å². The summed E-state index contributed by atoms with van der Waals surface area (Å²) in [5.74, 6) is -1.57. The first kappa shape index (κ1) is 120. The van der Waals surface area contributed by atoms with Crippen LogP contribution in [0.25, 0.3) is 0 Å². The molecular weight excluding hydrogens is 1600 g/mol. The fourth-order valence-corrected chi connectivity index (χ4v) is 15.2. The number of carbonyl (C=O) groups is 3. The Balaban J connectivity index is 4.57. The zero-order chi connectivity index (χ0) is 90.7. The molecule has 0 fully saturated rings. The zero-order valence-electron chi connectivity index (χ0n) is 79.2. The molecule has 0 aromatic heterocycles. The highest BCUT2D eigenvalue weighted by molar-refractivity contribution is 7.47. The van der Waals surface area contributed by atoms with Crippen LogP contribution in [0.3, 0.4) is 0 Å². The van der Waals surface area contributed by atoms with Crippen molar-refractivity contribution in [3.8, 4) is 0 Å². The molecule has 18 heteroatoms. The van der Waals surface area contributed by atoms with Crippen molar-refractivity contribution >= 4 is 33.6 Å². The Morgan fingerprint density at radius 2 is 0.400 bits per heavy atom. The molecule has 716 valence electrons. The fraction of sp³-hybridized carbons (Fsp3) is 0.692. The van der Waals surface area contributed by atoms with Crippen molar-refractivity contribution in [3.05, 3.63) is 182 Å². The minimum Gasteiger partial charge on any atom is -0.463 e. The van der Waals surface area contributed by atoms with Crippen LogP contribution in [0.4, 0.5) is 0 Å². The van der Waals surface area contributed by atoms with Gasteiger partial charge < -0.3 is 34.2 Å². The summed E-state index contributed by atoms with van der Waals surface area (Å²) in [5, 5.41) is 20.8. The molecule has 125 heavy (non-hydrogen) atoms. The highest BCUT2D eigenvalue weighted by Gasteiger charge is 2.30. The molecule has 0 spiro atoms. The molecule has 0 aliphatic carbocycles. The number of esters is 3. The maximum absolute atomic E-state index is 13.1. The SMILES string of the molecule is CC/C=C\C/C=C\C/C=C\C/C=C\C/C=C\CCCCCCCCCCCCCCCCCCCC(=O)OCC(O)COP(=O)(O)OCC(O)COP(=O)(O)OCC(COC(=O)CCCCCCCCCCCCCCCCCCC/C=C\C/C=C\C/C=C\C/C=C\C/C=C\CC)OC(=O)CCCCCCCCC/C=C\C/C=C\C/C=C\C/C=C\C/C=C\CC. The summed E-state index contributed by atoms with van der Waals surface area (Å²) in [6, 6.07) is 0. The van der Waals surface area contributed by atoms with E-state index in [2.05, 4.69) is 203 Å². The zero-order valence-corrected chi connectivity index (χ0v) is 81.0. The van der Waals surface area contributed by atoms with Gasteiger partial charge in [0.05, 0.1) is 26.4 Å². The van der Waals surface area contributed by atoms with Crippen molar-refractivity contribution in [2.24, 2.45) is 0 Å². The molecule has 0 saturated carbocycles. The minimum absolute atomic E-state index is 0.0884. The van der Waals surface area contributed by atoms with Crippen molar-refractivity contribution in [2.45, 2.75) is 437 Å². The van der Waals surface area contributed by atoms with Crippen molar-refractivity contribution in [2.75, 3.05) is 39.6 Å². The van der Waals surface area contributed by atoms with Crippen LogP contribution in [0, 0.1) is 0 Å². The number of ether oxygens (including phenoxy) is 3. The summed E-state index contributed by atoms with van der Waals surface area (Å²) in [5.41, 5.74) is 0. The number of phosphoric ester groups is 2. The first-order valence-electron chi connectivity index (χ1n) is 50.1. The monoisotopic (exact) mass is 1790 g/mol. The van der Waals surface area contributed by atoms with Gasteiger partial charge in [-0.1, -0.05) is 428 Å². The lowest BCUT2D eigenvalue weighted by Gasteiger charge is -2.21. The molecule has 0 saturated heterocycles. The Bertz CT molecular complexity index is 3000. The molecule has 5 atom stereocenters. The number of phosphoric acid groups is 2. The van der Waals surface area contributed by atoms with E-state index in [1.165, 1.54) is 180 Å². The van der Waals surface area contributed by atoms with Gasteiger partial charge in [0, 0.05) is 19.3 Å². The van der Waals surface area contributed by atoms with Crippen molar-refractivity contribution < 1.29 is 75.8 Å². The van der Waals surface area contributed by atoms with Gasteiger partial charge in [-0.15, -0.1) is 0 Å². The Kier molecular flexibility index (Phi) is 93.5. The summed E-state index contributed by atoms with van der Waals surface area (Å²) in [6.45, 7) is 2.39. The smallest absolute Gasteiger partial charge is 0.463 e. The van der Waals surface area contributed by atoms with E-state index < -0.39 is 91.5 Å². The number of allylic oxidation sites excluding steroid dienone is 30. The van der Waals surface area contributed by atoms with E-state index in [9.17, 15) is 43.5 Å². The molecule has 0 aromatic carbocycles. The van der Waals surface area contributed by atoms with Crippen LogP contribution in [0.2, 0.25) is 0 Å². The van der Waals surface area contributed by atoms with E-state index >= 15 is 0 Å². The Hall–Kier alpha value is -5.35. The fourth-order valence-electron chi connectivity index (χ4n) is 13.7. The molecule has 0 aliphatic rings. The summed E-state index contributed by atoms with van der Waals surface area (Å²) < 4.78 is 61.6. The van der Waals surface area contributed by atoms with E-state index in [0.29, 0.717) is 19.3 Å². The van der Waals surface area contributed by atoms with Crippen LogP contribution >= 0.6 is 15.6 Å². The maximum Gasteiger partial charge on any atom is 0.472 e. The normalized spacial score (nSPS) is 14.5. The lowest BCUT2D eigenvalue weighted by Crippen LogP contribution is -2.30. The number of aliphatic hydroxyl groups is 2. The molecule has 5 unspecified atom stereocenters. The average molecular weight is 1790 g/mol. The number of carbonyl (C=O) groups excluding carboxylic acids is 3. The topological polar surface area (TPSA) is 231 Å². The second-order valence-electron chi connectivity index (χ2n) is 33.1. The van der Waals surface area contributed by atoms with Crippen LogP contribution < -0.4 is 0 Å². The van der Waals surface area contributed by atoms with E-state index in [1.54, 1.807) is 0 Å². The van der Waals surface area contributed by atoms with Crippen molar-refractivity contribution in [1.82, 2.24) is 0 Å². The highest BCUT2D eigenvalue weighted by Crippen LogP contribution is 2.45. The summed E-state index contributed by atoms with van der Waals surface area (Å²) in [7, 11) is -9.82. The van der Waals surface area contributed by atoms with Gasteiger partial charge >= 0.3 is 33.6 Å². The average Bonchev–Trinajstić information content (AvgIpc) is 0.904. The second kappa shape index (κ2) is 97.7. The summed E-state index contributed by atoms with van der Waals surface area (Å²) in [6.07, 6.45) is 130. The Morgan fingerprint density at radius 3 is 0.632 bits per heavy atom. The Morgan fingerprint density at radius 1 is 0.224 bits per heavy atom. The van der Waals surface area contributed by atoms with Gasteiger partial charge in [0.25, 0.3) is 0 Å². The molecular formula is C107H182O16P2. The number of rotatable bonds is 94. The van der Waals surface area contributed by atoms with E-state index in [-0.39, 0.29) is 19.3 Å². The number of unbranched alkanes of at least 4 members (excludes halogenated alkanes) is 41. The first-order valence-corrected chi connectivity index (χ1v) is 53.1. The number of aliphatic hydroxyl groups excluding tert-OH is 2. The quantitative estimate of drug-likeness (QED) is 0.0146. The predicted octanol–water partition coefficient (Wildman–Crippen LogP) is 31.6. The van der Waals surface area contributed by atoms with Crippen LogP contribution in [0.1, 0.15) is 419 Å². The van der Waals surface area contributed by atoms with E-state index in [0.717, 1.165) is 180 Å². The molecule has 0 rings (SSSR count). The molecule has 0 heterocycles. The molecule has 0 radical (unpaired) electrons. The maximum atomic E-state index is 13.1. The molecule has 0 amide bonds. The molecule has 4 N–H and O–H groups in total. The molecule has 16 nitrogen and oxygen atoms in total. The first-order chi connectivity index (χ1) is 61.2. The van der Waals surface area contributed by atoms with Crippen molar-refractivity contribution in [3.63, 3.8) is 0 Å². The lowest BCUT2D eigenvalue weighted by atomic mass is 10.0. The molecule has 0 aliphatic heterocycles. The third kappa shape index (κ3) is 99.1. The second-order valence-corrected chi connectivity index (χ2v) is 36.0. The van der Waals surface area contributed by atoms with Crippen LogP contribution in [-0.4, -0.2) is 95.9 Å². The number of hydrogen-bond donors (Lipinski definition) is 4. The lowest BCUT2D eigenvalue weighted by molar-refractivity contribution is -0.161. The number of hydrogen-bond acceptors (Lipinski definition) is 14. The van der Waals surface area contributed by atoms with Crippen molar-refractivity contribution in [1.29, 1.82) is 0 Å². The third-order valence-electron chi connectivity index (χ3n) is 21.1. The van der Waals surface area contributed by atoms with E-state index in [4.69, 9.17) is 32.3 Å². The minimum atomic E-state index is -4.95. The summed E-state index contributed by atoms with van der Waals surface area (Å²) in [4.78, 5) is 59.2. The van der Waals surface area contributed by atoms with Gasteiger partial charge in [-0.25, -0.2) is 9.13 Å². The standard InChI is InChI=1S/C107H182O16P2/c1-4-7-10-13-16-19-22-25-28-31-34-37-40-42-44-46-48-50-52-54-56-58-61-63-66-69-72-75-78-81-84-87-90-93-105(110)117-96-102(108)97-119-124(113,114)120-98-103(109)99-121-125(115,116)122-101-104(123-107(112)95-92-89-86-83-80-77-74-71-68-65-60-39-36-33-30-27-24-21-18-15-12-9-6-3)100-118-106(111)94-91-88-85-82-79-76-73-70-67-64-62-59-57-55-53-51-49-47-45-43-41-38-35-32-29-26-23-20-17-14-11-8-5-2/h7-12,16-21,25-30,34-39,42-45,65,68,102-104,108-109H,4-6,13-15,22-24,31-33,40-41,46-64,66-67,69-101H2,1-3H3,(H,113,114)(H,115,116)/b10-7-,11-8-,12-9-,19-16-,20-17-,21-18-,28-25-,29-26-,30-27-,37-34-,38-35-,39-36-,44-42-,45-43-,68-65-. The van der Waals surface area contributed by atoms with Gasteiger partial charge in [-0.05, 0) is 154 Å². The van der Waals surface area contributed by atoms with Gasteiger partial charge in [-0.3, -0.25) is 32.5 Å². The highest BCUT2D eigenvalue weighted by atomic mass is 31.2. The van der Waals surface area contributed by atoms with Gasteiger partial charge in [-0.2, -0.15) is 0 Å². The van der Waals surface area contributed by atoms with Crippen LogP contribution in [0.5, 0.6) is 0 Å². The van der Waals surface area contributed by atoms with Gasteiger partial charge in [0.15, 0.2) is 6.10 Å².